The van der Waals surface area contributed by atoms with E-state index in [0.29, 0.717) is 27.6 Å². The molecule has 0 unspecified atom stereocenters. The molecule has 0 heterocycles. The summed E-state index contributed by atoms with van der Waals surface area (Å²) in [5, 5.41) is 15.1. The van der Waals surface area contributed by atoms with Crippen molar-refractivity contribution in [2.75, 3.05) is 12.5 Å². The van der Waals surface area contributed by atoms with E-state index in [4.69, 9.17) is 9.47 Å². The van der Waals surface area contributed by atoms with Gasteiger partial charge in [0.15, 0.2) is 11.5 Å². The summed E-state index contributed by atoms with van der Waals surface area (Å²) in [5.74, 6) is 0.371. The number of halogens is 5. The molecule has 0 amide bonds. The first-order chi connectivity index (χ1) is 16.1. The highest BCUT2D eigenvalue weighted by atomic mass is 79.9. The molecule has 0 aromatic heterocycles. The van der Waals surface area contributed by atoms with Crippen LogP contribution in [0.3, 0.4) is 0 Å². The van der Waals surface area contributed by atoms with E-state index >= 15 is 0 Å². The number of hydrazone groups is 1. The zero-order valence-electron chi connectivity index (χ0n) is 17.4. The van der Waals surface area contributed by atoms with Crippen molar-refractivity contribution in [3.8, 4) is 11.5 Å². The van der Waals surface area contributed by atoms with Crippen LogP contribution < -0.4 is 14.9 Å². The van der Waals surface area contributed by atoms with Crippen molar-refractivity contribution >= 4 is 33.5 Å². The number of ether oxygens (including phenoxy) is 2. The van der Waals surface area contributed by atoms with E-state index in [1.165, 1.54) is 25.5 Å². The highest BCUT2D eigenvalue weighted by molar-refractivity contribution is 9.10. The van der Waals surface area contributed by atoms with Crippen LogP contribution in [-0.2, 0) is 12.8 Å². The number of rotatable bonds is 8. The summed E-state index contributed by atoms with van der Waals surface area (Å²) in [5.41, 5.74) is 1.51. The molecule has 0 spiro atoms. The molecule has 0 atom stereocenters. The minimum atomic E-state index is -4.71. The number of nitrogens with one attached hydrogen (secondary N) is 1. The fraction of sp³-hybridized carbons (Fsp3) is 0.136. The van der Waals surface area contributed by atoms with Crippen molar-refractivity contribution in [2.45, 2.75) is 12.8 Å². The van der Waals surface area contributed by atoms with Crippen LogP contribution >= 0.6 is 15.9 Å². The molecule has 0 aliphatic carbocycles. The second-order valence-corrected chi connectivity index (χ2v) is 7.66. The zero-order chi connectivity index (χ0) is 24.9. The van der Waals surface area contributed by atoms with Crippen molar-refractivity contribution in [1.82, 2.24) is 0 Å². The molecule has 0 saturated carbocycles. The molecular weight excluding hydrogens is 526 g/mol. The molecule has 0 radical (unpaired) electrons. The van der Waals surface area contributed by atoms with Crippen LogP contribution in [0.4, 0.5) is 28.9 Å². The van der Waals surface area contributed by atoms with E-state index in [-0.39, 0.29) is 18.1 Å². The molecule has 0 aliphatic rings. The Morgan fingerprint density at radius 1 is 1.15 bits per heavy atom. The molecule has 0 aliphatic heterocycles. The quantitative estimate of drug-likeness (QED) is 0.151. The Balaban J connectivity index is 1.77. The van der Waals surface area contributed by atoms with Gasteiger partial charge in [-0.2, -0.15) is 18.3 Å². The fourth-order valence-corrected chi connectivity index (χ4v) is 3.39. The van der Waals surface area contributed by atoms with Crippen molar-refractivity contribution in [2.24, 2.45) is 5.10 Å². The third-order valence-corrected chi connectivity index (χ3v) is 5.06. The lowest BCUT2D eigenvalue weighted by molar-refractivity contribution is -0.384. The van der Waals surface area contributed by atoms with Crippen molar-refractivity contribution in [3.05, 3.63) is 91.7 Å². The van der Waals surface area contributed by atoms with Crippen molar-refractivity contribution < 1.29 is 32.0 Å². The lowest BCUT2D eigenvalue weighted by Crippen LogP contribution is -2.06. The number of alkyl halides is 3. The summed E-state index contributed by atoms with van der Waals surface area (Å²) < 4.78 is 63.2. The topological polar surface area (TPSA) is 86.0 Å². The minimum absolute atomic E-state index is 0.155. The van der Waals surface area contributed by atoms with Crippen molar-refractivity contribution in [1.29, 1.82) is 0 Å². The predicted molar refractivity (Wildman–Crippen MR) is 121 cm³/mol. The lowest BCUT2D eigenvalue weighted by atomic mass is 10.1. The Kier molecular flexibility index (Phi) is 7.72. The molecule has 3 aromatic rings. The summed E-state index contributed by atoms with van der Waals surface area (Å²) in [6.07, 6.45) is -3.41. The molecule has 12 heteroatoms. The highest BCUT2D eigenvalue weighted by Crippen LogP contribution is 2.37. The molecule has 0 bridgehead atoms. The molecule has 1 N–H and O–H groups in total. The average molecular weight is 542 g/mol. The zero-order valence-corrected chi connectivity index (χ0v) is 19.0. The fourth-order valence-electron chi connectivity index (χ4n) is 2.82. The van der Waals surface area contributed by atoms with Gasteiger partial charge in [0.25, 0.3) is 5.69 Å². The Morgan fingerprint density at radius 3 is 2.47 bits per heavy atom. The number of nitro benzene ring substituents is 1. The predicted octanol–water partition coefficient (Wildman–Crippen LogP) is 6.55. The first-order valence-electron chi connectivity index (χ1n) is 9.48. The van der Waals surface area contributed by atoms with E-state index in [1.54, 1.807) is 24.3 Å². The van der Waals surface area contributed by atoms with Gasteiger partial charge < -0.3 is 9.47 Å². The number of methoxy groups -OCH3 is 1. The van der Waals surface area contributed by atoms with E-state index < -0.39 is 22.4 Å². The summed E-state index contributed by atoms with van der Waals surface area (Å²) in [6.45, 7) is 0.155. The van der Waals surface area contributed by atoms with E-state index in [2.05, 4.69) is 26.5 Å². The van der Waals surface area contributed by atoms with Gasteiger partial charge >= 0.3 is 6.18 Å². The van der Waals surface area contributed by atoms with Crippen LogP contribution in [0.15, 0.2) is 64.2 Å². The SMILES string of the molecule is COc1cc(/C=N\Nc2ccc(C(F)(F)F)cc2[N+](=O)[O-])cc(Br)c1OCc1ccc(F)cc1. The molecule has 34 heavy (non-hydrogen) atoms. The van der Waals surface area contributed by atoms with Gasteiger partial charge in [0.05, 0.1) is 28.3 Å². The number of nitrogens with zero attached hydrogens (tertiary/aromatic N) is 2. The van der Waals surface area contributed by atoms with Gasteiger partial charge in [-0.25, -0.2) is 4.39 Å². The van der Waals surface area contributed by atoms with E-state index in [0.717, 1.165) is 17.7 Å². The largest absolute Gasteiger partial charge is 0.493 e. The lowest BCUT2D eigenvalue weighted by Gasteiger charge is -2.13. The molecule has 7 nitrogen and oxygen atoms in total. The van der Waals surface area contributed by atoms with Crippen LogP contribution in [0, 0.1) is 15.9 Å². The number of nitro groups is 1. The maximum atomic E-state index is 13.0. The third kappa shape index (κ3) is 6.22. The van der Waals surface area contributed by atoms with Gasteiger partial charge in [-0.3, -0.25) is 15.5 Å². The van der Waals surface area contributed by atoms with Gasteiger partial charge in [0, 0.05) is 6.07 Å². The number of hydrogen-bond donors (Lipinski definition) is 1. The van der Waals surface area contributed by atoms with Gasteiger partial charge in [0.2, 0.25) is 0 Å². The third-order valence-electron chi connectivity index (χ3n) is 4.47. The Labute approximate surface area is 199 Å². The maximum absolute atomic E-state index is 13.0. The monoisotopic (exact) mass is 541 g/mol. The number of hydrogen-bond acceptors (Lipinski definition) is 6. The van der Waals surface area contributed by atoms with Crippen LogP contribution in [0.1, 0.15) is 16.7 Å². The van der Waals surface area contributed by atoms with Crippen LogP contribution in [0.25, 0.3) is 0 Å². The van der Waals surface area contributed by atoms with Crippen LogP contribution in [-0.4, -0.2) is 18.2 Å². The Hall–Kier alpha value is -3.67. The summed E-state index contributed by atoms with van der Waals surface area (Å²) in [4.78, 5) is 10.2. The van der Waals surface area contributed by atoms with Gasteiger partial charge in [-0.1, -0.05) is 12.1 Å². The second-order valence-electron chi connectivity index (χ2n) is 6.81. The molecule has 3 aromatic carbocycles. The average Bonchev–Trinajstić information content (AvgIpc) is 2.78. The van der Waals surface area contributed by atoms with Gasteiger partial charge in [0.1, 0.15) is 18.1 Å². The first-order valence-corrected chi connectivity index (χ1v) is 10.3. The van der Waals surface area contributed by atoms with Gasteiger partial charge in [-0.15, -0.1) is 0 Å². The summed E-state index contributed by atoms with van der Waals surface area (Å²) in [6, 6.07) is 11.1. The van der Waals surface area contributed by atoms with E-state index in [9.17, 15) is 27.7 Å². The summed E-state index contributed by atoms with van der Waals surface area (Å²) in [7, 11) is 1.43. The van der Waals surface area contributed by atoms with E-state index in [1.807, 2.05) is 0 Å². The van der Waals surface area contributed by atoms with Gasteiger partial charge in [-0.05, 0) is 63.5 Å². The molecule has 0 fully saturated rings. The standard InChI is InChI=1S/C22H16BrF4N3O4/c1-33-20-9-14(8-17(23)21(20)34-12-13-2-5-16(24)6-3-13)11-28-29-18-7-4-15(22(25,26)27)10-19(18)30(31)32/h2-11,29H,12H2,1H3/b28-11-. The smallest absolute Gasteiger partial charge is 0.416 e. The van der Waals surface area contributed by atoms with Crippen LogP contribution in [0.2, 0.25) is 0 Å². The van der Waals surface area contributed by atoms with Crippen LogP contribution in [0.5, 0.6) is 11.5 Å². The first kappa shape index (κ1) is 25.0. The summed E-state index contributed by atoms with van der Waals surface area (Å²) >= 11 is 3.38. The molecule has 3 rings (SSSR count). The number of anilines is 1. The maximum Gasteiger partial charge on any atom is 0.416 e. The molecular formula is C22H16BrF4N3O4. The molecule has 0 saturated heterocycles. The van der Waals surface area contributed by atoms with Crippen molar-refractivity contribution in [3.63, 3.8) is 0 Å². The second kappa shape index (κ2) is 10.5. The Bertz CT molecular complexity index is 1220. The Morgan fingerprint density at radius 2 is 1.85 bits per heavy atom. The normalized spacial score (nSPS) is 11.5. The molecule has 178 valence electrons. The number of benzene rings is 3. The minimum Gasteiger partial charge on any atom is -0.493 e. The highest BCUT2D eigenvalue weighted by Gasteiger charge is 2.33.